The third-order valence-electron chi connectivity index (χ3n) is 3.80. The van der Waals surface area contributed by atoms with Gasteiger partial charge in [0.2, 0.25) is 0 Å². The van der Waals surface area contributed by atoms with E-state index in [4.69, 9.17) is 0 Å². The fourth-order valence-corrected chi connectivity index (χ4v) is 2.52. The van der Waals surface area contributed by atoms with Crippen molar-refractivity contribution in [3.63, 3.8) is 0 Å². The van der Waals surface area contributed by atoms with Gasteiger partial charge in [0.15, 0.2) is 0 Å². The van der Waals surface area contributed by atoms with Gasteiger partial charge in [-0.1, -0.05) is 0 Å². The summed E-state index contributed by atoms with van der Waals surface area (Å²) in [7, 11) is 0. The lowest BCUT2D eigenvalue weighted by atomic mass is 10.1. The molecule has 2 aliphatic rings. The lowest BCUT2D eigenvalue weighted by molar-refractivity contribution is 0.0739. The molecule has 2 aliphatic carbocycles. The average Bonchev–Trinajstić information content (AvgIpc) is 3.26. The van der Waals surface area contributed by atoms with Crippen molar-refractivity contribution in [1.29, 1.82) is 0 Å². The van der Waals surface area contributed by atoms with Crippen LogP contribution in [0, 0.1) is 17.7 Å². The molecule has 1 aromatic carbocycles. The Kier molecular flexibility index (Phi) is 3.61. The molecule has 3 rings (SSSR count). The number of rotatable bonds is 5. The average molecular weight is 326 g/mol. The Morgan fingerprint density at radius 1 is 1.21 bits per heavy atom. The first kappa shape index (κ1) is 13.1. The molecule has 0 atom stereocenters. The van der Waals surface area contributed by atoms with Gasteiger partial charge in [-0.3, -0.25) is 4.79 Å². The highest BCUT2D eigenvalue weighted by Gasteiger charge is 2.31. The normalized spacial score (nSPS) is 18.4. The number of carbonyl (C=O) groups excluding carboxylic acids is 1. The summed E-state index contributed by atoms with van der Waals surface area (Å²) in [6.45, 7) is 1.68. The molecule has 2 saturated carbocycles. The molecule has 0 unspecified atom stereocenters. The second kappa shape index (κ2) is 5.23. The van der Waals surface area contributed by atoms with Gasteiger partial charge in [0.05, 0.1) is 4.47 Å². The van der Waals surface area contributed by atoms with Crippen molar-refractivity contribution in [2.24, 2.45) is 11.8 Å². The van der Waals surface area contributed by atoms with Gasteiger partial charge in [-0.15, -0.1) is 0 Å². The second-order valence-electron chi connectivity index (χ2n) is 5.73. The number of amides is 1. The van der Waals surface area contributed by atoms with Crippen molar-refractivity contribution in [1.82, 2.24) is 4.90 Å². The van der Waals surface area contributed by atoms with Crippen LogP contribution in [0.25, 0.3) is 0 Å². The summed E-state index contributed by atoms with van der Waals surface area (Å²) in [6.07, 6.45) is 4.90. The SMILES string of the molecule is O=C(c1ccc(Br)c(F)c1)N(CC1CC1)CC1CC1. The summed E-state index contributed by atoms with van der Waals surface area (Å²) in [5, 5.41) is 0. The summed E-state index contributed by atoms with van der Waals surface area (Å²) in [5.41, 5.74) is 0.460. The molecular formula is C15H17BrFNO. The molecule has 0 radical (unpaired) electrons. The molecule has 0 aliphatic heterocycles. The molecule has 0 bridgehead atoms. The first-order valence-corrected chi connectivity index (χ1v) is 7.67. The van der Waals surface area contributed by atoms with Gasteiger partial charge in [0.1, 0.15) is 5.82 Å². The molecule has 4 heteroatoms. The van der Waals surface area contributed by atoms with E-state index in [1.807, 2.05) is 4.90 Å². The summed E-state index contributed by atoms with van der Waals surface area (Å²) in [6, 6.07) is 4.64. The second-order valence-corrected chi connectivity index (χ2v) is 6.58. The van der Waals surface area contributed by atoms with E-state index in [-0.39, 0.29) is 11.7 Å². The molecule has 1 amide bonds. The number of hydrogen-bond donors (Lipinski definition) is 0. The van der Waals surface area contributed by atoms with Crippen molar-refractivity contribution in [3.8, 4) is 0 Å². The predicted octanol–water partition coefficient (Wildman–Crippen LogP) is 3.85. The standard InChI is InChI=1S/C15H17BrFNO/c16-13-6-5-12(7-14(13)17)15(19)18(8-10-1-2-10)9-11-3-4-11/h5-7,10-11H,1-4,8-9H2. The van der Waals surface area contributed by atoms with Gasteiger partial charge < -0.3 is 4.90 Å². The van der Waals surface area contributed by atoms with Crippen LogP contribution in [-0.4, -0.2) is 23.9 Å². The van der Waals surface area contributed by atoms with E-state index >= 15 is 0 Å². The van der Waals surface area contributed by atoms with Crippen molar-refractivity contribution in [2.75, 3.05) is 13.1 Å². The maximum Gasteiger partial charge on any atom is 0.253 e. The van der Waals surface area contributed by atoms with E-state index in [0.717, 1.165) is 13.1 Å². The highest BCUT2D eigenvalue weighted by molar-refractivity contribution is 9.10. The van der Waals surface area contributed by atoms with Crippen molar-refractivity contribution >= 4 is 21.8 Å². The Morgan fingerprint density at radius 2 is 1.79 bits per heavy atom. The highest BCUT2D eigenvalue weighted by atomic mass is 79.9. The molecule has 0 heterocycles. The monoisotopic (exact) mass is 325 g/mol. The minimum Gasteiger partial charge on any atom is -0.338 e. The maximum absolute atomic E-state index is 13.5. The fourth-order valence-electron chi connectivity index (χ4n) is 2.28. The van der Waals surface area contributed by atoms with Gasteiger partial charge in [0, 0.05) is 18.7 Å². The van der Waals surface area contributed by atoms with E-state index in [1.54, 1.807) is 12.1 Å². The van der Waals surface area contributed by atoms with Gasteiger partial charge in [0.25, 0.3) is 5.91 Å². The Hall–Kier alpha value is -0.900. The molecule has 2 nitrogen and oxygen atoms in total. The summed E-state index contributed by atoms with van der Waals surface area (Å²) in [5.74, 6) is 0.944. The van der Waals surface area contributed by atoms with Crippen LogP contribution in [0.5, 0.6) is 0 Å². The van der Waals surface area contributed by atoms with Crippen molar-refractivity contribution in [3.05, 3.63) is 34.1 Å². The molecule has 19 heavy (non-hydrogen) atoms. The van der Waals surface area contributed by atoms with Crippen LogP contribution >= 0.6 is 15.9 Å². The van der Waals surface area contributed by atoms with Gasteiger partial charge in [-0.05, 0) is 71.6 Å². The molecule has 0 aromatic heterocycles. The molecule has 0 N–H and O–H groups in total. The highest BCUT2D eigenvalue weighted by Crippen LogP contribution is 2.34. The molecule has 2 fully saturated rings. The van der Waals surface area contributed by atoms with Crippen LogP contribution in [-0.2, 0) is 0 Å². The first-order chi connectivity index (χ1) is 9.13. The zero-order chi connectivity index (χ0) is 13.4. The van der Waals surface area contributed by atoms with Crippen LogP contribution in [0.2, 0.25) is 0 Å². The summed E-state index contributed by atoms with van der Waals surface area (Å²) < 4.78 is 13.9. The number of halogens is 2. The minimum atomic E-state index is -0.372. The lowest BCUT2D eigenvalue weighted by Gasteiger charge is -2.22. The molecule has 0 spiro atoms. The Bertz CT molecular complexity index is 483. The van der Waals surface area contributed by atoms with Crippen LogP contribution in [0.4, 0.5) is 4.39 Å². The predicted molar refractivity (Wildman–Crippen MR) is 75.5 cm³/mol. The number of carbonyl (C=O) groups is 1. The Balaban J connectivity index is 1.74. The molecular weight excluding hydrogens is 309 g/mol. The van der Waals surface area contributed by atoms with Crippen LogP contribution < -0.4 is 0 Å². The number of nitrogens with zero attached hydrogens (tertiary/aromatic N) is 1. The van der Waals surface area contributed by atoms with Crippen molar-refractivity contribution < 1.29 is 9.18 Å². The smallest absolute Gasteiger partial charge is 0.253 e. The fraction of sp³-hybridized carbons (Fsp3) is 0.533. The summed E-state index contributed by atoms with van der Waals surface area (Å²) in [4.78, 5) is 14.4. The lowest BCUT2D eigenvalue weighted by Crippen LogP contribution is -2.34. The van der Waals surface area contributed by atoms with E-state index in [9.17, 15) is 9.18 Å². The minimum absolute atomic E-state index is 0.0230. The van der Waals surface area contributed by atoms with Gasteiger partial charge >= 0.3 is 0 Å². The number of hydrogen-bond acceptors (Lipinski definition) is 1. The zero-order valence-electron chi connectivity index (χ0n) is 10.7. The van der Waals surface area contributed by atoms with Crippen molar-refractivity contribution in [2.45, 2.75) is 25.7 Å². The van der Waals surface area contributed by atoms with Crippen LogP contribution in [0.15, 0.2) is 22.7 Å². The largest absolute Gasteiger partial charge is 0.338 e. The Morgan fingerprint density at radius 3 is 2.26 bits per heavy atom. The van der Waals surface area contributed by atoms with Gasteiger partial charge in [-0.2, -0.15) is 0 Å². The molecule has 1 aromatic rings. The third kappa shape index (κ3) is 3.35. The van der Waals surface area contributed by atoms with E-state index in [2.05, 4.69) is 15.9 Å². The van der Waals surface area contributed by atoms with E-state index in [1.165, 1.54) is 31.7 Å². The quantitative estimate of drug-likeness (QED) is 0.805. The molecule has 102 valence electrons. The maximum atomic E-state index is 13.5. The molecule has 0 saturated heterocycles. The zero-order valence-corrected chi connectivity index (χ0v) is 12.3. The van der Waals surface area contributed by atoms with E-state index < -0.39 is 0 Å². The summed E-state index contributed by atoms with van der Waals surface area (Å²) >= 11 is 3.12. The Labute approximate surface area is 121 Å². The number of benzene rings is 1. The first-order valence-electron chi connectivity index (χ1n) is 6.88. The third-order valence-corrected chi connectivity index (χ3v) is 4.45. The van der Waals surface area contributed by atoms with Gasteiger partial charge in [-0.25, -0.2) is 4.39 Å². The van der Waals surface area contributed by atoms with Crippen LogP contribution in [0.1, 0.15) is 36.0 Å². The topological polar surface area (TPSA) is 20.3 Å². The van der Waals surface area contributed by atoms with E-state index in [0.29, 0.717) is 21.9 Å². The van der Waals surface area contributed by atoms with Crippen LogP contribution in [0.3, 0.4) is 0 Å².